The highest BCUT2D eigenvalue weighted by atomic mass is 16.5. The Labute approximate surface area is 148 Å². The zero-order valence-corrected chi connectivity index (χ0v) is 15.8. The maximum atomic E-state index is 12.7. The van der Waals surface area contributed by atoms with Crippen LogP contribution < -0.4 is 15.0 Å². The molecule has 1 amide bonds. The van der Waals surface area contributed by atoms with E-state index in [0.717, 1.165) is 29.8 Å². The van der Waals surface area contributed by atoms with Crippen molar-refractivity contribution >= 4 is 17.4 Å². The molecular weight excluding hydrogens is 320 g/mol. The molecule has 2 rings (SSSR count). The van der Waals surface area contributed by atoms with Crippen molar-refractivity contribution < 1.29 is 9.53 Å². The maximum Gasteiger partial charge on any atom is 0.242 e. The van der Waals surface area contributed by atoms with Crippen LogP contribution >= 0.6 is 0 Å². The molecule has 8 heteroatoms. The first-order valence-corrected chi connectivity index (χ1v) is 8.32. The minimum absolute atomic E-state index is 0.145. The van der Waals surface area contributed by atoms with Gasteiger partial charge in [0.2, 0.25) is 11.8 Å². The van der Waals surface area contributed by atoms with Gasteiger partial charge in [-0.1, -0.05) is 13.8 Å². The fourth-order valence-corrected chi connectivity index (χ4v) is 2.90. The van der Waals surface area contributed by atoms with Gasteiger partial charge < -0.3 is 15.0 Å². The van der Waals surface area contributed by atoms with E-state index in [9.17, 15) is 4.79 Å². The number of carbonyl (C=O) groups excluding carboxylic acids is 1. The molecule has 0 saturated carbocycles. The summed E-state index contributed by atoms with van der Waals surface area (Å²) in [6, 6.07) is 0. The SMILES string of the molecule is CCc1nn(C)c(CC)c1CC(=O)Nc1c(OC)ncnc1N(C)C. The zero-order chi connectivity index (χ0) is 18.6. The molecule has 0 unspecified atom stereocenters. The lowest BCUT2D eigenvalue weighted by Gasteiger charge is -2.18. The molecule has 0 saturated heterocycles. The molecule has 0 aromatic carbocycles. The van der Waals surface area contributed by atoms with Crippen LogP contribution in [0.3, 0.4) is 0 Å². The number of methoxy groups -OCH3 is 1. The minimum Gasteiger partial charge on any atom is -0.479 e. The molecule has 2 aromatic heterocycles. The molecule has 0 aliphatic rings. The third-order valence-electron chi connectivity index (χ3n) is 4.04. The summed E-state index contributed by atoms with van der Waals surface area (Å²) in [4.78, 5) is 22.8. The average molecular weight is 346 g/mol. The summed E-state index contributed by atoms with van der Waals surface area (Å²) in [5.41, 5.74) is 3.50. The molecular formula is C17H26N6O2. The van der Waals surface area contributed by atoms with Crippen molar-refractivity contribution in [3.63, 3.8) is 0 Å². The monoisotopic (exact) mass is 346 g/mol. The fourth-order valence-electron chi connectivity index (χ4n) is 2.90. The number of nitrogens with zero attached hydrogens (tertiary/aromatic N) is 5. The Morgan fingerprint density at radius 2 is 2.00 bits per heavy atom. The first-order valence-electron chi connectivity index (χ1n) is 8.32. The minimum atomic E-state index is -0.145. The molecule has 0 aliphatic heterocycles. The van der Waals surface area contributed by atoms with Crippen LogP contribution in [0, 0.1) is 0 Å². The number of anilines is 2. The second-order valence-electron chi connectivity index (χ2n) is 5.90. The Morgan fingerprint density at radius 3 is 2.56 bits per heavy atom. The summed E-state index contributed by atoms with van der Waals surface area (Å²) in [5.74, 6) is 0.788. The highest BCUT2D eigenvalue weighted by molar-refractivity contribution is 5.96. The lowest BCUT2D eigenvalue weighted by Crippen LogP contribution is -2.21. The summed E-state index contributed by atoms with van der Waals surface area (Å²) in [6.07, 6.45) is 3.28. The van der Waals surface area contributed by atoms with Gasteiger partial charge in [-0.2, -0.15) is 10.1 Å². The molecule has 0 radical (unpaired) electrons. The van der Waals surface area contributed by atoms with E-state index in [4.69, 9.17) is 4.74 Å². The van der Waals surface area contributed by atoms with Gasteiger partial charge >= 0.3 is 0 Å². The molecule has 2 aromatic rings. The third kappa shape index (κ3) is 3.89. The van der Waals surface area contributed by atoms with Crippen molar-refractivity contribution in [1.82, 2.24) is 19.7 Å². The number of nitrogens with one attached hydrogen (secondary N) is 1. The first-order chi connectivity index (χ1) is 11.9. The molecule has 0 spiro atoms. The smallest absolute Gasteiger partial charge is 0.242 e. The number of aromatic nitrogens is 4. The van der Waals surface area contributed by atoms with Gasteiger partial charge in [0.25, 0.3) is 0 Å². The molecule has 0 aliphatic carbocycles. The van der Waals surface area contributed by atoms with Crippen molar-refractivity contribution in [2.45, 2.75) is 33.1 Å². The van der Waals surface area contributed by atoms with E-state index in [-0.39, 0.29) is 12.3 Å². The van der Waals surface area contributed by atoms with Gasteiger partial charge in [-0.15, -0.1) is 0 Å². The Kier molecular flexibility index (Phi) is 5.95. The summed E-state index contributed by atoms with van der Waals surface area (Å²) < 4.78 is 7.13. The fraction of sp³-hybridized carbons (Fsp3) is 0.529. The average Bonchev–Trinajstić information content (AvgIpc) is 2.89. The van der Waals surface area contributed by atoms with Crippen molar-refractivity contribution in [3.8, 4) is 5.88 Å². The van der Waals surface area contributed by atoms with Crippen LogP contribution in [-0.4, -0.2) is 46.9 Å². The Morgan fingerprint density at radius 1 is 1.28 bits per heavy atom. The number of amides is 1. The number of ether oxygens (including phenoxy) is 1. The lowest BCUT2D eigenvalue weighted by atomic mass is 10.1. The summed E-state index contributed by atoms with van der Waals surface area (Å²) in [5, 5.41) is 7.42. The zero-order valence-electron chi connectivity index (χ0n) is 15.8. The van der Waals surface area contributed by atoms with Crippen LogP contribution in [0.5, 0.6) is 5.88 Å². The van der Waals surface area contributed by atoms with Crippen molar-refractivity contribution in [3.05, 3.63) is 23.3 Å². The van der Waals surface area contributed by atoms with Gasteiger partial charge in [-0.3, -0.25) is 9.48 Å². The van der Waals surface area contributed by atoms with Gasteiger partial charge in [0.1, 0.15) is 12.0 Å². The van der Waals surface area contributed by atoms with Crippen LogP contribution in [0.15, 0.2) is 6.33 Å². The normalized spacial score (nSPS) is 10.6. The van der Waals surface area contributed by atoms with E-state index in [1.807, 2.05) is 32.7 Å². The van der Waals surface area contributed by atoms with Crippen LogP contribution in [-0.2, 0) is 31.1 Å². The Hall–Kier alpha value is -2.64. The van der Waals surface area contributed by atoms with E-state index in [2.05, 4.69) is 27.3 Å². The molecule has 136 valence electrons. The highest BCUT2D eigenvalue weighted by Crippen LogP contribution is 2.30. The largest absolute Gasteiger partial charge is 0.479 e. The topological polar surface area (TPSA) is 85.2 Å². The van der Waals surface area contributed by atoms with Gasteiger partial charge in [-0.05, 0) is 12.8 Å². The van der Waals surface area contributed by atoms with E-state index in [1.165, 1.54) is 13.4 Å². The molecule has 8 nitrogen and oxygen atoms in total. The highest BCUT2D eigenvalue weighted by Gasteiger charge is 2.20. The summed E-state index contributed by atoms with van der Waals surface area (Å²) in [6.45, 7) is 4.11. The maximum absolute atomic E-state index is 12.7. The van der Waals surface area contributed by atoms with Crippen LogP contribution in [0.25, 0.3) is 0 Å². The van der Waals surface area contributed by atoms with Gasteiger partial charge in [0.05, 0.1) is 19.2 Å². The summed E-state index contributed by atoms with van der Waals surface area (Å²) >= 11 is 0. The number of aryl methyl sites for hydroxylation is 2. The van der Waals surface area contributed by atoms with Gasteiger partial charge in [-0.25, -0.2) is 4.98 Å². The molecule has 2 heterocycles. The molecule has 0 bridgehead atoms. The Bertz CT molecular complexity index is 754. The van der Waals surface area contributed by atoms with E-state index >= 15 is 0 Å². The predicted molar refractivity (Wildman–Crippen MR) is 97.2 cm³/mol. The van der Waals surface area contributed by atoms with E-state index in [0.29, 0.717) is 17.4 Å². The van der Waals surface area contributed by atoms with Crippen LogP contribution in [0.1, 0.15) is 30.8 Å². The van der Waals surface area contributed by atoms with Crippen molar-refractivity contribution in [2.24, 2.45) is 7.05 Å². The Balaban J connectivity index is 2.30. The first kappa shape index (κ1) is 18.7. The molecule has 0 atom stereocenters. The second kappa shape index (κ2) is 7.96. The second-order valence-corrected chi connectivity index (χ2v) is 5.90. The van der Waals surface area contributed by atoms with Crippen LogP contribution in [0.4, 0.5) is 11.5 Å². The third-order valence-corrected chi connectivity index (χ3v) is 4.04. The quantitative estimate of drug-likeness (QED) is 0.819. The number of hydrogen-bond acceptors (Lipinski definition) is 6. The van der Waals surface area contributed by atoms with Crippen molar-refractivity contribution in [2.75, 3.05) is 31.4 Å². The van der Waals surface area contributed by atoms with Crippen molar-refractivity contribution in [1.29, 1.82) is 0 Å². The molecule has 0 fully saturated rings. The lowest BCUT2D eigenvalue weighted by molar-refractivity contribution is -0.115. The molecule has 25 heavy (non-hydrogen) atoms. The van der Waals surface area contributed by atoms with E-state index < -0.39 is 0 Å². The predicted octanol–water partition coefficient (Wildman–Crippen LogP) is 1.59. The number of hydrogen-bond donors (Lipinski definition) is 1. The van der Waals surface area contributed by atoms with Crippen LogP contribution in [0.2, 0.25) is 0 Å². The number of carbonyl (C=O) groups is 1. The van der Waals surface area contributed by atoms with Gasteiger partial charge in [0, 0.05) is 32.4 Å². The molecule has 1 N–H and O–H groups in total. The van der Waals surface area contributed by atoms with Gasteiger partial charge in [0.15, 0.2) is 5.82 Å². The van der Waals surface area contributed by atoms with E-state index in [1.54, 1.807) is 4.90 Å². The standard InChI is InChI=1S/C17H26N6O2/c1-7-12-11(13(8-2)23(5)21-12)9-14(24)20-15-16(22(3)4)18-10-19-17(15)25-6/h10H,7-9H2,1-6H3,(H,20,24). The number of rotatable bonds is 7. The summed E-state index contributed by atoms with van der Waals surface area (Å²) in [7, 11) is 7.13.